The minimum atomic E-state index is -0.819. The highest BCUT2D eigenvalue weighted by Gasteiger charge is 2.54. The number of likely N-dealkylation sites (tertiary alicyclic amines) is 1. The van der Waals surface area contributed by atoms with Crippen LogP contribution in [0.15, 0.2) is 54.6 Å². The molecular formula is C26H32FN5O3. The Hall–Kier alpha value is -3.62. The Bertz CT molecular complexity index is 1070. The summed E-state index contributed by atoms with van der Waals surface area (Å²) in [7, 11) is 0. The molecule has 186 valence electrons. The van der Waals surface area contributed by atoms with Crippen LogP contribution >= 0.6 is 0 Å². The van der Waals surface area contributed by atoms with Crippen molar-refractivity contribution < 1.29 is 18.8 Å². The molecule has 2 aromatic rings. The number of para-hydroxylation sites is 1. The summed E-state index contributed by atoms with van der Waals surface area (Å²) >= 11 is 0. The van der Waals surface area contributed by atoms with E-state index < -0.39 is 11.4 Å². The number of carbonyl (C=O) groups excluding carboxylic acids is 3. The number of hydrogen-bond donors (Lipinski definition) is 1. The molecule has 0 atom stereocenters. The second-order valence-electron chi connectivity index (χ2n) is 8.93. The molecule has 4 rings (SSSR count). The number of rotatable bonds is 6. The number of piperidine rings is 1. The van der Waals surface area contributed by atoms with Crippen LogP contribution in [0.2, 0.25) is 0 Å². The van der Waals surface area contributed by atoms with Crippen molar-refractivity contribution in [1.82, 2.24) is 14.7 Å². The van der Waals surface area contributed by atoms with Gasteiger partial charge in [0.1, 0.15) is 17.9 Å². The largest absolute Gasteiger partial charge is 0.342 e. The van der Waals surface area contributed by atoms with Crippen LogP contribution < -0.4 is 10.2 Å². The predicted molar refractivity (Wildman–Crippen MR) is 132 cm³/mol. The first-order valence-corrected chi connectivity index (χ1v) is 12.1. The molecule has 2 aliphatic heterocycles. The van der Waals surface area contributed by atoms with Crippen LogP contribution in [-0.2, 0) is 9.59 Å². The molecule has 2 heterocycles. The summed E-state index contributed by atoms with van der Waals surface area (Å²) in [5.74, 6) is -0.567. The van der Waals surface area contributed by atoms with Gasteiger partial charge in [-0.15, -0.1) is 0 Å². The summed E-state index contributed by atoms with van der Waals surface area (Å²) in [5, 5.41) is 2.73. The Morgan fingerprint density at radius 2 is 1.71 bits per heavy atom. The summed E-state index contributed by atoms with van der Waals surface area (Å²) in [6, 6.07) is 15.2. The third-order valence-corrected chi connectivity index (χ3v) is 6.98. The summed E-state index contributed by atoms with van der Waals surface area (Å²) < 4.78 is 13.5. The monoisotopic (exact) mass is 481 g/mol. The molecule has 8 nitrogen and oxygen atoms in total. The van der Waals surface area contributed by atoms with Gasteiger partial charge in [0.2, 0.25) is 5.91 Å². The van der Waals surface area contributed by atoms with Gasteiger partial charge < -0.3 is 24.9 Å². The van der Waals surface area contributed by atoms with Gasteiger partial charge in [-0.25, -0.2) is 9.18 Å². The van der Waals surface area contributed by atoms with Crippen LogP contribution in [0, 0.1) is 5.82 Å². The lowest BCUT2D eigenvalue weighted by Gasteiger charge is -2.43. The van der Waals surface area contributed by atoms with Crippen molar-refractivity contribution in [2.24, 2.45) is 0 Å². The molecule has 1 spiro atoms. The van der Waals surface area contributed by atoms with E-state index in [1.54, 1.807) is 26.8 Å². The number of urea groups is 1. The summed E-state index contributed by atoms with van der Waals surface area (Å²) in [4.78, 5) is 46.4. The minimum absolute atomic E-state index is 0.0371. The first-order valence-electron chi connectivity index (χ1n) is 12.1. The Labute approximate surface area is 205 Å². The molecule has 35 heavy (non-hydrogen) atoms. The number of nitrogens with zero attached hydrogens (tertiary/aromatic N) is 4. The highest BCUT2D eigenvalue weighted by atomic mass is 19.1. The lowest BCUT2D eigenvalue weighted by molar-refractivity contribution is -0.140. The van der Waals surface area contributed by atoms with Gasteiger partial charge in [-0.2, -0.15) is 0 Å². The number of halogens is 1. The maximum atomic E-state index is 13.8. The normalized spacial score (nSPS) is 17.1. The number of hydrogen-bond acceptors (Lipinski definition) is 4. The van der Waals surface area contributed by atoms with Gasteiger partial charge in [-0.3, -0.25) is 9.59 Å². The predicted octanol–water partition coefficient (Wildman–Crippen LogP) is 3.37. The first-order chi connectivity index (χ1) is 16.9. The maximum Gasteiger partial charge on any atom is 0.321 e. The fourth-order valence-corrected chi connectivity index (χ4v) is 5.01. The van der Waals surface area contributed by atoms with Crippen molar-refractivity contribution in [3.8, 4) is 0 Å². The first kappa shape index (κ1) is 24.5. The standard InChI is InChI=1S/C26H32FN5O3/c1-3-29(4-2)23(33)18-31-19-32(22-11-6-5-7-12-22)26(24(31)34)13-15-30(16-14-26)25(35)28-21-10-8-9-20(27)17-21/h5-12,17H,3-4,13-16,18-19H2,1-2H3,(H,28,35). The van der Waals surface area contributed by atoms with E-state index in [4.69, 9.17) is 0 Å². The third-order valence-electron chi connectivity index (χ3n) is 6.98. The molecule has 2 aliphatic rings. The van der Waals surface area contributed by atoms with Crippen LogP contribution in [-0.4, -0.2) is 77.5 Å². The maximum absolute atomic E-state index is 13.8. The third kappa shape index (κ3) is 4.94. The van der Waals surface area contributed by atoms with Gasteiger partial charge in [-0.05, 0) is 57.0 Å². The number of carbonyl (C=O) groups is 3. The van der Waals surface area contributed by atoms with Crippen molar-refractivity contribution in [2.75, 3.05) is 49.6 Å². The quantitative estimate of drug-likeness (QED) is 0.687. The zero-order valence-corrected chi connectivity index (χ0v) is 20.2. The van der Waals surface area contributed by atoms with Crippen molar-refractivity contribution >= 4 is 29.2 Å². The van der Waals surface area contributed by atoms with Gasteiger partial charge in [0, 0.05) is 37.6 Å². The Kier molecular flexibility index (Phi) is 7.23. The Balaban J connectivity index is 1.51. The average molecular weight is 482 g/mol. The van der Waals surface area contributed by atoms with E-state index in [-0.39, 0.29) is 24.4 Å². The highest BCUT2D eigenvalue weighted by molar-refractivity contribution is 5.97. The highest BCUT2D eigenvalue weighted by Crippen LogP contribution is 2.39. The molecule has 0 saturated carbocycles. The van der Waals surface area contributed by atoms with Crippen molar-refractivity contribution in [3.05, 3.63) is 60.4 Å². The molecule has 2 fully saturated rings. The van der Waals surface area contributed by atoms with Crippen molar-refractivity contribution in [3.63, 3.8) is 0 Å². The number of amides is 4. The van der Waals surface area contributed by atoms with E-state index in [2.05, 4.69) is 10.2 Å². The second kappa shape index (κ2) is 10.3. The molecule has 9 heteroatoms. The molecule has 2 saturated heterocycles. The van der Waals surface area contributed by atoms with Gasteiger partial charge in [0.25, 0.3) is 5.91 Å². The minimum Gasteiger partial charge on any atom is -0.342 e. The van der Waals surface area contributed by atoms with E-state index >= 15 is 0 Å². The van der Waals surface area contributed by atoms with Gasteiger partial charge in [0.15, 0.2) is 0 Å². The lowest BCUT2D eigenvalue weighted by atomic mass is 9.85. The topological polar surface area (TPSA) is 76.2 Å². The molecule has 0 aliphatic carbocycles. The summed E-state index contributed by atoms with van der Waals surface area (Å²) in [6.45, 7) is 6.15. The smallest absolute Gasteiger partial charge is 0.321 e. The number of nitrogens with one attached hydrogen (secondary N) is 1. The number of anilines is 2. The van der Waals surface area contributed by atoms with E-state index in [0.29, 0.717) is 51.4 Å². The van der Waals surface area contributed by atoms with Crippen LogP contribution in [0.5, 0.6) is 0 Å². The SMILES string of the molecule is CCN(CC)C(=O)CN1CN(c2ccccc2)C2(CCN(C(=O)Nc3cccc(F)c3)CC2)C1=O. The fraction of sp³-hybridized carbons (Fsp3) is 0.423. The second-order valence-corrected chi connectivity index (χ2v) is 8.93. The number of benzene rings is 2. The molecule has 4 amide bonds. The van der Waals surface area contributed by atoms with Gasteiger partial charge >= 0.3 is 6.03 Å². The molecule has 1 N–H and O–H groups in total. The van der Waals surface area contributed by atoms with Crippen LogP contribution in [0.25, 0.3) is 0 Å². The zero-order chi connectivity index (χ0) is 25.0. The van der Waals surface area contributed by atoms with Crippen LogP contribution in [0.4, 0.5) is 20.6 Å². The fourth-order valence-electron chi connectivity index (χ4n) is 5.01. The van der Waals surface area contributed by atoms with Gasteiger partial charge in [-0.1, -0.05) is 24.3 Å². The van der Waals surface area contributed by atoms with Crippen LogP contribution in [0.1, 0.15) is 26.7 Å². The van der Waals surface area contributed by atoms with Crippen molar-refractivity contribution in [2.45, 2.75) is 32.2 Å². The van der Waals surface area contributed by atoms with Crippen LogP contribution in [0.3, 0.4) is 0 Å². The molecular weight excluding hydrogens is 449 g/mol. The average Bonchev–Trinajstić information content (AvgIpc) is 3.12. The van der Waals surface area contributed by atoms with E-state index in [1.807, 2.05) is 44.2 Å². The lowest BCUT2D eigenvalue weighted by Crippen LogP contribution is -2.58. The van der Waals surface area contributed by atoms with E-state index in [0.717, 1.165) is 5.69 Å². The van der Waals surface area contributed by atoms with E-state index in [9.17, 15) is 18.8 Å². The zero-order valence-electron chi connectivity index (χ0n) is 20.2. The summed E-state index contributed by atoms with van der Waals surface area (Å²) in [5.41, 5.74) is 0.482. The van der Waals surface area contributed by atoms with Gasteiger partial charge in [0.05, 0.1) is 6.67 Å². The molecule has 2 aromatic carbocycles. The molecule has 0 radical (unpaired) electrons. The van der Waals surface area contributed by atoms with E-state index in [1.165, 1.54) is 12.1 Å². The number of likely N-dealkylation sites (N-methyl/N-ethyl adjacent to an activating group) is 1. The molecule has 0 unspecified atom stereocenters. The Morgan fingerprint density at radius 3 is 2.34 bits per heavy atom. The molecule has 0 bridgehead atoms. The Morgan fingerprint density at radius 1 is 1.03 bits per heavy atom. The van der Waals surface area contributed by atoms with Crippen molar-refractivity contribution in [1.29, 1.82) is 0 Å². The molecule has 0 aromatic heterocycles. The summed E-state index contributed by atoms with van der Waals surface area (Å²) in [6.07, 6.45) is 0.876.